The first-order valence-electron chi connectivity index (χ1n) is 4.95. The smallest absolute Gasteiger partial charge is 0.253 e. The second kappa shape index (κ2) is 3.70. The van der Waals surface area contributed by atoms with E-state index in [-0.39, 0.29) is 5.91 Å². The molecule has 0 unspecified atom stereocenters. The van der Waals surface area contributed by atoms with Crippen molar-refractivity contribution in [2.45, 2.75) is 19.4 Å². The van der Waals surface area contributed by atoms with Crippen molar-refractivity contribution in [1.82, 2.24) is 5.32 Å². The van der Waals surface area contributed by atoms with E-state index in [1.54, 1.807) is 0 Å². The molecule has 14 heavy (non-hydrogen) atoms. The Balaban J connectivity index is 2.36. The Morgan fingerprint density at radius 3 is 3.00 bits per heavy atom. The Hall–Kier alpha value is -1.51. The summed E-state index contributed by atoms with van der Waals surface area (Å²) < 4.78 is 0. The molecule has 1 aromatic rings. The summed E-state index contributed by atoms with van der Waals surface area (Å²) in [5.74, 6) is 0.0176. The number of hydrogen-bond donors (Lipinski definition) is 2. The van der Waals surface area contributed by atoms with Gasteiger partial charge in [-0.1, -0.05) is 19.1 Å². The molecule has 2 rings (SSSR count). The van der Waals surface area contributed by atoms with Crippen LogP contribution in [0.5, 0.6) is 0 Å². The van der Waals surface area contributed by atoms with E-state index in [9.17, 15) is 4.79 Å². The van der Waals surface area contributed by atoms with Crippen LogP contribution in [-0.4, -0.2) is 18.5 Å². The number of para-hydroxylation sites is 1. The highest BCUT2D eigenvalue weighted by atomic mass is 16.1. The maximum atomic E-state index is 11.6. The lowest BCUT2D eigenvalue weighted by Gasteiger charge is -2.14. The molecule has 74 valence electrons. The van der Waals surface area contributed by atoms with Crippen LogP contribution in [0.3, 0.4) is 0 Å². The molecule has 1 atom stereocenters. The van der Waals surface area contributed by atoms with Crippen molar-refractivity contribution < 1.29 is 4.79 Å². The standard InChI is InChI=1S/C11H14N2O/c1-2-8-7-12-11(14)9-5-3-4-6-10(9)13-8/h3-6,8,13H,2,7H2,1H3,(H,12,14)/t8-/m1/s1. The zero-order chi connectivity index (χ0) is 9.97. The van der Waals surface area contributed by atoms with E-state index < -0.39 is 0 Å². The third kappa shape index (κ3) is 1.58. The van der Waals surface area contributed by atoms with Crippen LogP contribution in [0.25, 0.3) is 0 Å². The van der Waals surface area contributed by atoms with Crippen LogP contribution in [0, 0.1) is 0 Å². The van der Waals surface area contributed by atoms with Gasteiger partial charge in [-0.3, -0.25) is 4.79 Å². The number of carbonyl (C=O) groups excluding carboxylic acids is 1. The number of nitrogens with one attached hydrogen (secondary N) is 2. The van der Waals surface area contributed by atoms with E-state index in [2.05, 4.69) is 17.6 Å². The van der Waals surface area contributed by atoms with E-state index in [4.69, 9.17) is 0 Å². The van der Waals surface area contributed by atoms with Crippen LogP contribution in [0.2, 0.25) is 0 Å². The van der Waals surface area contributed by atoms with Gasteiger partial charge >= 0.3 is 0 Å². The van der Waals surface area contributed by atoms with Gasteiger partial charge in [0.05, 0.1) is 5.56 Å². The van der Waals surface area contributed by atoms with Gasteiger partial charge in [0.2, 0.25) is 0 Å². The van der Waals surface area contributed by atoms with Crippen molar-refractivity contribution in [2.24, 2.45) is 0 Å². The van der Waals surface area contributed by atoms with Crippen LogP contribution in [-0.2, 0) is 0 Å². The predicted molar refractivity (Wildman–Crippen MR) is 56.5 cm³/mol. The van der Waals surface area contributed by atoms with E-state index in [1.807, 2.05) is 24.3 Å². The molecule has 0 fully saturated rings. The van der Waals surface area contributed by atoms with Gasteiger partial charge in [-0.25, -0.2) is 0 Å². The number of amides is 1. The van der Waals surface area contributed by atoms with Gasteiger partial charge in [-0.2, -0.15) is 0 Å². The summed E-state index contributed by atoms with van der Waals surface area (Å²) in [6.07, 6.45) is 1.01. The summed E-state index contributed by atoms with van der Waals surface area (Å²) in [5, 5.41) is 6.26. The third-order valence-electron chi connectivity index (χ3n) is 2.53. The number of anilines is 1. The molecule has 1 amide bonds. The van der Waals surface area contributed by atoms with Crippen molar-refractivity contribution in [1.29, 1.82) is 0 Å². The van der Waals surface area contributed by atoms with Crippen LogP contribution < -0.4 is 10.6 Å². The molecular formula is C11H14N2O. The summed E-state index contributed by atoms with van der Waals surface area (Å²) >= 11 is 0. The molecule has 0 radical (unpaired) electrons. The minimum absolute atomic E-state index is 0.0176. The van der Waals surface area contributed by atoms with Crippen LogP contribution in [0.1, 0.15) is 23.7 Å². The molecule has 0 bridgehead atoms. The molecule has 0 spiro atoms. The molecule has 0 saturated carbocycles. The Labute approximate surface area is 83.5 Å². The van der Waals surface area contributed by atoms with Crippen molar-refractivity contribution in [2.75, 3.05) is 11.9 Å². The predicted octanol–water partition coefficient (Wildman–Crippen LogP) is 1.62. The van der Waals surface area contributed by atoms with Gasteiger partial charge in [0.15, 0.2) is 0 Å². The molecule has 3 nitrogen and oxygen atoms in total. The fourth-order valence-electron chi connectivity index (χ4n) is 1.64. The third-order valence-corrected chi connectivity index (χ3v) is 2.53. The van der Waals surface area contributed by atoms with Gasteiger partial charge in [0.25, 0.3) is 5.91 Å². The highest BCUT2D eigenvalue weighted by Gasteiger charge is 2.18. The summed E-state index contributed by atoms with van der Waals surface area (Å²) in [5.41, 5.74) is 1.68. The lowest BCUT2D eigenvalue weighted by Crippen LogP contribution is -2.32. The Kier molecular flexibility index (Phi) is 2.39. The van der Waals surface area contributed by atoms with Crippen molar-refractivity contribution in [3.05, 3.63) is 29.8 Å². The monoisotopic (exact) mass is 190 g/mol. The van der Waals surface area contributed by atoms with Crippen LogP contribution in [0.15, 0.2) is 24.3 Å². The fourth-order valence-corrected chi connectivity index (χ4v) is 1.64. The normalized spacial score (nSPS) is 20.4. The van der Waals surface area contributed by atoms with Gasteiger partial charge in [-0.15, -0.1) is 0 Å². The van der Waals surface area contributed by atoms with Gasteiger partial charge in [0, 0.05) is 18.3 Å². The molecule has 3 heteroatoms. The Morgan fingerprint density at radius 2 is 2.21 bits per heavy atom. The van der Waals surface area contributed by atoms with E-state index in [0.717, 1.165) is 17.7 Å². The average Bonchev–Trinajstić information content (AvgIpc) is 2.39. The van der Waals surface area contributed by atoms with E-state index in [1.165, 1.54) is 0 Å². The zero-order valence-corrected chi connectivity index (χ0v) is 8.21. The first-order chi connectivity index (χ1) is 6.81. The summed E-state index contributed by atoms with van der Waals surface area (Å²) in [6.45, 7) is 2.81. The molecule has 1 aromatic carbocycles. The van der Waals surface area contributed by atoms with Crippen LogP contribution in [0.4, 0.5) is 5.69 Å². The number of benzene rings is 1. The topological polar surface area (TPSA) is 41.1 Å². The van der Waals surface area contributed by atoms with Crippen molar-refractivity contribution in [3.63, 3.8) is 0 Å². The first-order valence-corrected chi connectivity index (χ1v) is 4.95. The number of fused-ring (bicyclic) bond motifs is 1. The minimum atomic E-state index is 0.0176. The fraction of sp³-hybridized carbons (Fsp3) is 0.364. The number of carbonyl (C=O) groups is 1. The molecule has 1 heterocycles. The van der Waals surface area contributed by atoms with E-state index in [0.29, 0.717) is 12.6 Å². The average molecular weight is 190 g/mol. The summed E-state index contributed by atoms with van der Waals surface area (Å²) in [6, 6.07) is 7.95. The lowest BCUT2D eigenvalue weighted by molar-refractivity contribution is 0.0955. The molecule has 2 N–H and O–H groups in total. The first kappa shape index (κ1) is 9.06. The Bertz CT molecular complexity index is 349. The largest absolute Gasteiger partial charge is 0.380 e. The molecular weight excluding hydrogens is 176 g/mol. The minimum Gasteiger partial charge on any atom is -0.380 e. The summed E-state index contributed by atoms with van der Waals surface area (Å²) in [7, 11) is 0. The molecule has 0 aliphatic carbocycles. The van der Waals surface area contributed by atoms with Gasteiger partial charge in [0.1, 0.15) is 0 Å². The van der Waals surface area contributed by atoms with Gasteiger partial charge in [-0.05, 0) is 18.6 Å². The number of rotatable bonds is 1. The highest BCUT2D eigenvalue weighted by Crippen LogP contribution is 2.18. The number of hydrogen-bond acceptors (Lipinski definition) is 2. The second-order valence-electron chi connectivity index (χ2n) is 3.51. The Morgan fingerprint density at radius 1 is 1.43 bits per heavy atom. The maximum absolute atomic E-state index is 11.6. The quantitative estimate of drug-likeness (QED) is 0.706. The highest BCUT2D eigenvalue weighted by molar-refractivity contribution is 6.00. The van der Waals surface area contributed by atoms with E-state index >= 15 is 0 Å². The lowest BCUT2D eigenvalue weighted by atomic mass is 10.1. The molecule has 1 aliphatic heterocycles. The van der Waals surface area contributed by atoms with Crippen LogP contribution >= 0.6 is 0 Å². The molecule has 0 saturated heterocycles. The SMILES string of the molecule is CC[C@@H]1CNC(=O)c2ccccc2N1. The maximum Gasteiger partial charge on any atom is 0.253 e. The second-order valence-corrected chi connectivity index (χ2v) is 3.51. The zero-order valence-electron chi connectivity index (χ0n) is 8.21. The molecule has 1 aliphatic rings. The van der Waals surface area contributed by atoms with Crippen molar-refractivity contribution in [3.8, 4) is 0 Å². The molecule has 0 aromatic heterocycles. The van der Waals surface area contributed by atoms with Gasteiger partial charge < -0.3 is 10.6 Å². The summed E-state index contributed by atoms with van der Waals surface area (Å²) in [4.78, 5) is 11.6. The van der Waals surface area contributed by atoms with Crippen molar-refractivity contribution >= 4 is 11.6 Å².